The Labute approximate surface area is 134 Å². The molecule has 0 saturated carbocycles. The van der Waals surface area contributed by atoms with Crippen molar-refractivity contribution >= 4 is 23.2 Å². The van der Waals surface area contributed by atoms with Crippen LogP contribution in [0.2, 0.25) is 0 Å². The number of benzene rings is 1. The van der Waals surface area contributed by atoms with E-state index in [1.54, 1.807) is 29.7 Å². The summed E-state index contributed by atoms with van der Waals surface area (Å²) in [5.41, 5.74) is 0.935. The third kappa shape index (κ3) is 2.56. The molecule has 6 heteroatoms. The zero-order chi connectivity index (χ0) is 16.0. The molecule has 1 aliphatic heterocycles. The van der Waals surface area contributed by atoms with E-state index in [1.165, 1.54) is 0 Å². The molecule has 4 nitrogen and oxygen atoms in total. The first kappa shape index (κ1) is 15.2. The maximum Gasteiger partial charge on any atom is 0.507 e. The molecule has 22 heavy (non-hydrogen) atoms. The Balaban J connectivity index is 1.84. The lowest BCUT2D eigenvalue weighted by atomic mass is 9.89. The second kappa shape index (κ2) is 5.20. The van der Waals surface area contributed by atoms with Crippen LogP contribution in [0, 0.1) is 11.3 Å². The number of nitrogens with zero attached hydrogens (tertiary/aromatic N) is 2. The van der Waals surface area contributed by atoms with Crippen LogP contribution >= 0.6 is 11.3 Å². The van der Waals surface area contributed by atoms with Crippen molar-refractivity contribution in [2.75, 3.05) is 0 Å². The van der Waals surface area contributed by atoms with Gasteiger partial charge in [0.25, 0.3) is 0 Å². The minimum Gasteiger partial charge on any atom is -0.399 e. The van der Waals surface area contributed by atoms with Gasteiger partial charge in [-0.2, -0.15) is 5.26 Å². The van der Waals surface area contributed by atoms with Crippen LogP contribution in [0.15, 0.2) is 30.5 Å². The Hall–Kier alpha value is -1.68. The van der Waals surface area contributed by atoms with Gasteiger partial charge in [0.05, 0.1) is 27.6 Å². The van der Waals surface area contributed by atoms with Gasteiger partial charge in [-0.05, 0) is 39.8 Å². The van der Waals surface area contributed by atoms with E-state index in [-0.39, 0.29) is 18.3 Å². The summed E-state index contributed by atoms with van der Waals surface area (Å²) < 4.78 is 13.0. The standard InChI is InChI=1S/C16H17BN2O2S/c1-15(2)16(3,4)21-17(20-15)13-10-19-14(22-13)12-7-5-11(9-18)6-8-12/h5-8,10H,1-4H3. The highest BCUT2D eigenvalue weighted by molar-refractivity contribution is 7.24. The Bertz CT molecular complexity index is 715. The van der Waals surface area contributed by atoms with Gasteiger partial charge in [-0.15, -0.1) is 11.3 Å². The minimum atomic E-state index is -0.380. The zero-order valence-electron chi connectivity index (χ0n) is 13.1. The molecule has 3 rings (SSSR count). The normalized spacial score (nSPS) is 19.1. The van der Waals surface area contributed by atoms with Crippen LogP contribution in [0.1, 0.15) is 33.3 Å². The highest BCUT2D eigenvalue weighted by Gasteiger charge is 2.52. The number of thiazole rings is 1. The molecule has 112 valence electrons. The molecule has 0 radical (unpaired) electrons. The highest BCUT2D eigenvalue weighted by atomic mass is 32.1. The van der Waals surface area contributed by atoms with Gasteiger partial charge >= 0.3 is 7.12 Å². The van der Waals surface area contributed by atoms with Crippen LogP contribution in [-0.2, 0) is 9.31 Å². The molecule has 1 fully saturated rings. The summed E-state index contributed by atoms with van der Waals surface area (Å²) in [6.07, 6.45) is 1.81. The monoisotopic (exact) mass is 312 g/mol. The van der Waals surface area contributed by atoms with E-state index >= 15 is 0 Å². The van der Waals surface area contributed by atoms with Gasteiger partial charge in [-0.3, -0.25) is 0 Å². The van der Waals surface area contributed by atoms with Crippen molar-refractivity contribution in [3.05, 3.63) is 36.0 Å². The van der Waals surface area contributed by atoms with Crippen LogP contribution in [-0.4, -0.2) is 23.3 Å². The topological polar surface area (TPSA) is 55.1 Å². The van der Waals surface area contributed by atoms with Gasteiger partial charge in [0, 0.05) is 11.8 Å². The van der Waals surface area contributed by atoms with Crippen molar-refractivity contribution in [1.82, 2.24) is 4.98 Å². The molecule has 2 aromatic rings. The summed E-state index contributed by atoms with van der Waals surface area (Å²) in [7, 11) is -0.380. The molecular weight excluding hydrogens is 295 g/mol. The van der Waals surface area contributed by atoms with Crippen molar-refractivity contribution in [3.8, 4) is 16.6 Å². The molecule has 0 atom stereocenters. The highest BCUT2D eigenvalue weighted by Crippen LogP contribution is 2.37. The molecule has 0 spiro atoms. The maximum absolute atomic E-state index is 8.85. The fraction of sp³-hybridized carbons (Fsp3) is 0.375. The van der Waals surface area contributed by atoms with E-state index in [0.717, 1.165) is 15.3 Å². The smallest absolute Gasteiger partial charge is 0.399 e. The van der Waals surface area contributed by atoms with E-state index in [1.807, 2.05) is 39.8 Å². The van der Waals surface area contributed by atoms with Gasteiger partial charge in [0.15, 0.2) is 0 Å². The number of rotatable bonds is 2. The van der Waals surface area contributed by atoms with Crippen molar-refractivity contribution in [1.29, 1.82) is 5.26 Å². The van der Waals surface area contributed by atoms with E-state index in [2.05, 4.69) is 11.1 Å². The van der Waals surface area contributed by atoms with Gasteiger partial charge in [0.1, 0.15) is 5.01 Å². The molecule has 0 bridgehead atoms. The molecule has 0 N–H and O–H groups in total. The van der Waals surface area contributed by atoms with Crippen LogP contribution < -0.4 is 4.78 Å². The summed E-state index contributed by atoms with van der Waals surface area (Å²) in [4.78, 5) is 4.46. The Morgan fingerprint density at radius 2 is 1.68 bits per heavy atom. The van der Waals surface area contributed by atoms with Gasteiger partial charge in [-0.1, -0.05) is 12.1 Å². The van der Waals surface area contributed by atoms with Crippen LogP contribution in [0.4, 0.5) is 0 Å². The third-order valence-electron chi connectivity index (χ3n) is 4.27. The summed E-state index contributed by atoms with van der Waals surface area (Å²) in [5, 5.41) is 9.75. The zero-order valence-corrected chi connectivity index (χ0v) is 13.9. The molecule has 1 aromatic carbocycles. The van der Waals surface area contributed by atoms with Gasteiger partial charge < -0.3 is 9.31 Å². The van der Waals surface area contributed by atoms with E-state index in [9.17, 15) is 0 Å². The fourth-order valence-electron chi connectivity index (χ4n) is 2.18. The van der Waals surface area contributed by atoms with Crippen molar-refractivity contribution < 1.29 is 9.31 Å². The average Bonchev–Trinajstić information content (AvgIpc) is 3.03. The Morgan fingerprint density at radius 3 is 2.23 bits per heavy atom. The van der Waals surface area contributed by atoms with Crippen LogP contribution in [0.3, 0.4) is 0 Å². The van der Waals surface area contributed by atoms with Gasteiger partial charge in [-0.25, -0.2) is 4.98 Å². The quantitative estimate of drug-likeness (QED) is 0.800. The average molecular weight is 312 g/mol. The lowest BCUT2D eigenvalue weighted by molar-refractivity contribution is 0.00578. The molecule has 0 amide bonds. The number of hydrogen-bond acceptors (Lipinski definition) is 5. The van der Waals surface area contributed by atoms with Crippen molar-refractivity contribution in [3.63, 3.8) is 0 Å². The molecule has 1 saturated heterocycles. The maximum atomic E-state index is 8.85. The fourth-order valence-corrected chi connectivity index (χ4v) is 3.06. The van der Waals surface area contributed by atoms with Crippen molar-refractivity contribution in [2.45, 2.75) is 38.9 Å². The number of aromatic nitrogens is 1. The molecular formula is C16H17BN2O2S. The second-order valence-electron chi connectivity index (χ2n) is 6.35. The summed E-state index contributed by atoms with van der Waals surface area (Å²) in [6.45, 7) is 8.15. The first-order valence-corrected chi connectivity index (χ1v) is 7.96. The first-order chi connectivity index (χ1) is 10.3. The molecule has 1 aromatic heterocycles. The summed E-state index contributed by atoms with van der Waals surface area (Å²) >= 11 is 1.55. The summed E-state index contributed by atoms with van der Waals surface area (Å²) in [6, 6.07) is 9.53. The Kier molecular flexibility index (Phi) is 3.60. The Morgan fingerprint density at radius 1 is 1.09 bits per heavy atom. The second-order valence-corrected chi connectivity index (χ2v) is 7.41. The predicted molar refractivity (Wildman–Crippen MR) is 88.0 cm³/mol. The van der Waals surface area contributed by atoms with Crippen LogP contribution in [0.5, 0.6) is 0 Å². The van der Waals surface area contributed by atoms with E-state index in [0.29, 0.717) is 5.56 Å². The third-order valence-corrected chi connectivity index (χ3v) is 5.34. The lowest BCUT2D eigenvalue weighted by Crippen LogP contribution is -2.41. The number of hydrogen-bond donors (Lipinski definition) is 0. The lowest BCUT2D eigenvalue weighted by Gasteiger charge is -2.32. The van der Waals surface area contributed by atoms with Gasteiger partial charge in [0.2, 0.25) is 0 Å². The first-order valence-electron chi connectivity index (χ1n) is 7.14. The molecule has 0 unspecified atom stereocenters. The largest absolute Gasteiger partial charge is 0.507 e. The number of nitriles is 1. The SMILES string of the molecule is CC1(C)OB(c2cnc(-c3ccc(C#N)cc3)s2)OC1(C)C. The minimum absolute atomic E-state index is 0.351. The van der Waals surface area contributed by atoms with Crippen molar-refractivity contribution in [2.24, 2.45) is 0 Å². The van der Waals surface area contributed by atoms with Crippen LogP contribution in [0.25, 0.3) is 10.6 Å². The molecule has 1 aliphatic rings. The van der Waals surface area contributed by atoms with E-state index < -0.39 is 0 Å². The summed E-state index contributed by atoms with van der Waals surface area (Å²) in [5.74, 6) is 0. The predicted octanol–water partition coefficient (Wildman–Crippen LogP) is 2.98. The molecule has 2 heterocycles. The van der Waals surface area contributed by atoms with E-state index in [4.69, 9.17) is 14.6 Å². The molecule has 0 aliphatic carbocycles.